The SMILES string of the molecule is CC1Cc2ccccc2N1C(=O)C12CCC(C)(/C(=N/O)C1)C2(C)C. The first-order valence-corrected chi connectivity index (χ1v) is 8.91. The van der Waals surface area contributed by atoms with Crippen LogP contribution in [-0.4, -0.2) is 22.9 Å². The van der Waals surface area contributed by atoms with Crippen LogP contribution in [0.25, 0.3) is 0 Å². The molecule has 1 amide bonds. The first kappa shape index (κ1) is 15.7. The summed E-state index contributed by atoms with van der Waals surface area (Å²) >= 11 is 0. The number of para-hydroxylation sites is 1. The van der Waals surface area contributed by atoms with Crippen molar-refractivity contribution in [3.63, 3.8) is 0 Å². The molecule has 0 spiro atoms. The fraction of sp³-hybridized carbons (Fsp3) is 0.600. The van der Waals surface area contributed by atoms with Crippen molar-refractivity contribution in [3.8, 4) is 0 Å². The standard InChI is InChI=1S/C20H26N2O2/c1-13-11-14-7-5-6-8-15(14)22(13)17(23)20-10-9-19(4,18(20,2)3)16(12-20)21-24/h5-8,13,24H,9-12H2,1-4H3/b21-16+. The quantitative estimate of drug-likeness (QED) is 0.626. The van der Waals surface area contributed by atoms with E-state index in [1.54, 1.807) is 0 Å². The third-order valence-corrected chi connectivity index (χ3v) is 7.69. The van der Waals surface area contributed by atoms with Gasteiger partial charge in [-0.2, -0.15) is 0 Å². The van der Waals surface area contributed by atoms with Gasteiger partial charge in [0.15, 0.2) is 0 Å². The highest BCUT2D eigenvalue weighted by Crippen LogP contribution is 2.71. The Morgan fingerprint density at radius 2 is 1.96 bits per heavy atom. The van der Waals surface area contributed by atoms with E-state index in [1.165, 1.54) is 5.56 Å². The molecule has 128 valence electrons. The van der Waals surface area contributed by atoms with Gasteiger partial charge in [0.25, 0.3) is 0 Å². The molecule has 24 heavy (non-hydrogen) atoms. The Labute approximate surface area is 143 Å². The van der Waals surface area contributed by atoms with E-state index >= 15 is 0 Å². The van der Waals surface area contributed by atoms with Crippen LogP contribution in [0, 0.1) is 16.2 Å². The van der Waals surface area contributed by atoms with Crippen LogP contribution >= 0.6 is 0 Å². The van der Waals surface area contributed by atoms with Gasteiger partial charge in [-0.05, 0) is 43.2 Å². The van der Waals surface area contributed by atoms with Gasteiger partial charge in [-0.25, -0.2) is 0 Å². The molecule has 0 saturated heterocycles. The molecule has 4 rings (SSSR count). The summed E-state index contributed by atoms with van der Waals surface area (Å²) in [4.78, 5) is 15.8. The van der Waals surface area contributed by atoms with E-state index in [2.05, 4.69) is 45.0 Å². The van der Waals surface area contributed by atoms with E-state index in [4.69, 9.17) is 0 Å². The number of benzene rings is 1. The molecule has 2 bridgehead atoms. The maximum absolute atomic E-state index is 13.8. The van der Waals surface area contributed by atoms with Gasteiger partial charge in [0.05, 0.1) is 11.1 Å². The smallest absolute Gasteiger partial charge is 0.234 e. The lowest BCUT2D eigenvalue weighted by Gasteiger charge is -2.42. The van der Waals surface area contributed by atoms with Crippen LogP contribution in [-0.2, 0) is 11.2 Å². The van der Waals surface area contributed by atoms with Crippen molar-refractivity contribution in [2.45, 2.75) is 59.4 Å². The van der Waals surface area contributed by atoms with Gasteiger partial charge >= 0.3 is 0 Å². The van der Waals surface area contributed by atoms with Crippen LogP contribution < -0.4 is 4.90 Å². The number of anilines is 1. The number of hydrogen-bond donors (Lipinski definition) is 1. The third kappa shape index (κ3) is 1.55. The summed E-state index contributed by atoms with van der Waals surface area (Å²) in [5, 5.41) is 13.1. The van der Waals surface area contributed by atoms with E-state index in [0.29, 0.717) is 6.42 Å². The zero-order chi connectivity index (χ0) is 17.3. The van der Waals surface area contributed by atoms with E-state index in [1.807, 2.05) is 17.0 Å². The summed E-state index contributed by atoms with van der Waals surface area (Å²) in [7, 11) is 0. The first-order chi connectivity index (χ1) is 11.3. The second kappa shape index (κ2) is 4.62. The number of carbonyl (C=O) groups is 1. The van der Waals surface area contributed by atoms with E-state index < -0.39 is 5.41 Å². The molecule has 1 heterocycles. The molecule has 3 unspecified atom stereocenters. The molecule has 1 aliphatic heterocycles. The van der Waals surface area contributed by atoms with E-state index in [-0.39, 0.29) is 22.8 Å². The molecule has 1 aromatic carbocycles. The number of oxime groups is 1. The van der Waals surface area contributed by atoms with Gasteiger partial charge in [-0.3, -0.25) is 4.79 Å². The lowest BCUT2D eigenvalue weighted by molar-refractivity contribution is -0.133. The molecule has 3 atom stereocenters. The summed E-state index contributed by atoms with van der Waals surface area (Å²) in [6, 6.07) is 8.41. The van der Waals surface area contributed by atoms with Crippen molar-refractivity contribution >= 4 is 17.3 Å². The van der Waals surface area contributed by atoms with Crippen molar-refractivity contribution in [1.82, 2.24) is 0 Å². The number of rotatable bonds is 1. The number of carbonyl (C=O) groups excluding carboxylic acids is 1. The van der Waals surface area contributed by atoms with Gasteiger partial charge in [0, 0.05) is 23.6 Å². The van der Waals surface area contributed by atoms with Crippen molar-refractivity contribution in [2.75, 3.05) is 4.90 Å². The average Bonchev–Trinajstić information content (AvgIpc) is 3.05. The lowest BCUT2D eigenvalue weighted by atomic mass is 9.64. The number of nitrogens with zero attached hydrogens (tertiary/aromatic N) is 2. The summed E-state index contributed by atoms with van der Waals surface area (Å²) in [5.41, 5.74) is 2.24. The second-order valence-corrected chi connectivity index (χ2v) is 8.62. The Kier molecular flexibility index (Phi) is 3.02. The highest BCUT2D eigenvalue weighted by Gasteiger charge is 2.72. The van der Waals surface area contributed by atoms with Gasteiger partial charge in [0.1, 0.15) is 0 Å². The van der Waals surface area contributed by atoms with Gasteiger partial charge in [0.2, 0.25) is 5.91 Å². The Balaban J connectivity index is 1.81. The molecule has 3 aliphatic rings. The van der Waals surface area contributed by atoms with Crippen LogP contribution in [0.4, 0.5) is 5.69 Å². The summed E-state index contributed by atoms with van der Waals surface area (Å²) in [6.45, 7) is 8.66. The summed E-state index contributed by atoms with van der Waals surface area (Å²) in [5.74, 6) is 0.215. The molecule has 0 aromatic heterocycles. The lowest BCUT2D eigenvalue weighted by Crippen LogP contribution is -2.50. The van der Waals surface area contributed by atoms with Crippen molar-refractivity contribution < 1.29 is 10.0 Å². The fourth-order valence-electron chi connectivity index (χ4n) is 5.61. The second-order valence-electron chi connectivity index (χ2n) is 8.62. The Hall–Kier alpha value is -1.84. The minimum Gasteiger partial charge on any atom is -0.411 e. The number of fused-ring (bicyclic) bond motifs is 3. The Bertz CT molecular complexity index is 754. The van der Waals surface area contributed by atoms with Gasteiger partial charge in [-0.1, -0.05) is 44.1 Å². The minimum absolute atomic E-state index is 0.182. The van der Waals surface area contributed by atoms with Crippen LogP contribution in [0.2, 0.25) is 0 Å². The highest BCUT2D eigenvalue weighted by atomic mass is 16.4. The number of hydrogen-bond acceptors (Lipinski definition) is 3. The third-order valence-electron chi connectivity index (χ3n) is 7.69. The Morgan fingerprint density at radius 1 is 1.25 bits per heavy atom. The molecule has 1 aromatic rings. The van der Waals surface area contributed by atoms with E-state index in [9.17, 15) is 10.0 Å². The maximum Gasteiger partial charge on any atom is 0.234 e. The number of amides is 1. The fourth-order valence-corrected chi connectivity index (χ4v) is 5.61. The predicted octanol–water partition coefficient (Wildman–Crippen LogP) is 4.01. The molecule has 2 aliphatic carbocycles. The highest BCUT2D eigenvalue weighted by molar-refractivity contribution is 6.08. The van der Waals surface area contributed by atoms with Crippen LogP contribution in [0.1, 0.15) is 52.5 Å². The zero-order valence-electron chi connectivity index (χ0n) is 15.0. The van der Waals surface area contributed by atoms with Gasteiger partial charge in [-0.15, -0.1) is 0 Å². The van der Waals surface area contributed by atoms with Crippen molar-refractivity contribution in [1.29, 1.82) is 0 Å². The monoisotopic (exact) mass is 326 g/mol. The normalized spacial score (nSPS) is 37.9. The molecule has 1 N–H and O–H groups in total. The first-order valence-electron chi connectivity index (χ1n) is 8.91. The molecule has 2 saturated carbocycles. The van der Waals surface area contributed by atoms with Gasteiger partial charge < -0.3 is 10.1 Å². The van der Waals surface area contributed by atoms with Crippen LogP contribution in [0.3, 0.4) is 0 Å². The molecule has 2 fully saturated rings. The molecular weight excluding hydrogens is 300 g/mol. The molecule has 4 nitrogen and oxygen atoms in total. The maximum atomic E-state index is 13.8. The average molecular weight is 326 g/mol. The molecular formula is C20H26N2O2. The molecule has 0 radical (unpaired) electrons. The largest absolute Gasteiger partial charge is 0.411 e. The minimum atomic E-state index is -0.463. The Morgan fingerprint density at radius 3 is 2.62 bits per heavy atom. The summed E-state index contributed by atoms with van der Waals surface area (Å²) < 4.78 is 0. The van der Waals surface area contributed by atoms with E-state index in [0.717, 1.165) is 30.7 Å². The summed E-state index contributed by atoms with van der Waals surface area (Å²) in [6.07, 6.45) is 3.28. The van der Waals surface area contributed by atoms with Crippen LogP contribution in [0.5, 0.6) is 0 Å². The van der Waals surface area contributed by atoms with Crippen molar-refractivity contribution in [3.05, 3.63) is 29.8 Å². The van der Waals surface area contributed by atoms with Crippen LogP contribution in [0.15, 0.2) is 29.4 Å². The topological polar surface area (TPSA) is 52.9 Å². The predicted molar refractivity (Wildman–Crippen MR) is 94.5 cm³/mol. The van der Waals surface area contributed by atoms with Crippen molar-refractivity contribution in [2.24, 2.45) is 21.4 Å². The molecule has 4 heteroatoms. The zero-order valence-corrected chi connectivity index (χ0v) is 15.0.